The monoisotopic (exact) mass is 392 g/mol. The standard InChI is InChI=1S/C22H20N4O.ClH/c1-14-6-8-16-4-2-3-5-17(16)18(14)13-26-21-9-7-15(11-23)10-20(21)25-12-19(24)22(26)27;/h2-10,19,25H,12-13,24H2,1H3;1H/t19-;/m0./s1. The fourth-order valence-electron chi connectivity index (χ4n) is 3.58. The average Bonchev–Trinajstić information content (AvgIpc) is 2.81. The molecule has 4 rings (SSSR count). The second-order valence-electron chi connectivity index (χ2n) is 6.84. The van der Waals surface area contributed by atoms with Gasteiger partial charge in [0.25, 0.3) is 0 Å². The lowest BCUT2D eigenvalue weighted by Gasteiger charge is -2.26. The van der Waals surface area contributed by atoms with Crippen molar-refractivity contribution in [3.8, 4) is 6.07 Å². The number of halogens is 1. The molecule has 1 aliphatic rings. The van der Waals surface area contributed by atoms with Gasteiger partial charge in [0.2, 0.25) is 5.91 Å². The Bertz CT molecular complexity index is 1090. The molecule has 0 radical (unpaired) electrons. The van der Waals surface area contributed by atoms with Crippen molar-refractivity contribution in [2.24, 2.45) is 5.73 Å². The number of fused-ring (bicyclic) bond motifs is 2. The number of rotatable bonds is 2. The molecule has 1 amide bonds. The number of amides is 1. The first-order valence-electron chi connectivity index (χ1n) is 8.90. The van der Waals surface area contributed by atoms with Gasteiger partial charge < -0.3 is 16.0 Å². The Morgan fingerprint density at radius 2 is 2.00 bits per heavy atom. The van der Waals surface area contributed by atoms with E-state index in [1.807, 2.05) is 18.2 Å². The van der Waals surface area contributed by atoms with Crippen molar-refractivity contribution in [2.75, 3.05) is 16.8 Å². The molecule has 0 spiro atoms. The van der Waals surface area contributed by atoms with Crippen LogP contribution >= 0.6 is 12.4 Å². The topological polar surface area (TPSA) is 82.2 Å². The molecule has 5 nitrogen and oxygen atoms in total. The fourth-order valence-corrected chi connectivity index (χ4v) is 3.58. The highest BCUT2D eigenvalue weighted by Gasteiger charge is 2.28. The van der Waals surface area contributed by atoms with E-state index < -0.39 is 6.04 Å². The van der Waals surface area contributed by atoms with Gasteiger partial charge >= 0.3 is 0 Å². The van der Waals surface area contributed by atoms with Crippen LogP contribution < -0.4 is 16.0 Å². The molecule has 1 atom stereocenters. The number of carbonyl (C=O) groups is 1. The van der Waals surface area contributed by atoms with Gasteiger partial charge in [0, 0.05) is 6.54 Å². The zero-order valence-electron chi connectivity index (χ0n) is 15.5. The molecule has 1 aliphatic heterocycles. The summed E-state index contributed by atoms with van der Waals surface area (Å²) in [6, 6.07) is 19.2. The van der Waals surface area contributed by atoms with Crippen LogP contribution in [0.15, 0.2) is 54.6 Å². The SMILES string of the molecule is Cc1ccc2ccccc2c1CN1C(=O)[C@@H](N)CNc2cc(C#N)ccc21.Cl. The minimum atomic E-state index is -0.641. The molecule has 1 heterocycles. The maximum absolute atomic E-state index is 13.0. The van der Waals surface area contributed by atoms with Crippen molar-refractivity contribution < 1.29 is 4.79 Å². The first kappa shape index (κ1) is 19.7. The highest BCUT2D eigenvalue weighted by atomic mass is 35.5. The first-order valence-corrected chi connectivity index (χ1v) is 8.90. The minimum Gasteiger partial charge on any atom is -0.381 e. The fraction of sp³-hybridized carbons (Fsp3) is 0.182. The van der Waals surface area contributed by atoms with E-state index in [2.05, 4.69) is 42.6 Å². The summed E-state index contributed by atoms with van der Waals surface area (Å²) in [5, 5.41) is 14.7. The number of nitrogens with two attached hydrogens (primary N) is 1. The second-order valence-corrected chi connectivity index (χ2v) is 6.84. The lowest BCUT2D eigenvalue weighted by molar-refractivity contribution is -0.119. The summed E-state index contributed by atoms with van der Waals surface area (Å²) in [7, 11) is 0. The number of anilines is 2. The van der Waals surface area contributed by atoms with Crippen LogP contribution in [0, 0.1) is 18.3 Å². The summed E-state index contributed by atoms with van der Waals surface area (Å²) < 4.78 is 0. The molecule has 0 aromatic heterocycles. The lowest BCUT2D eigenvalue weighted by atomic mass is 9.99. The minimum absolute atomic E-state index is 0. The molecule has 28 heavy (non-hydrogen) atoms. The van der Waals surface area contributed by atoms with Crippen molar-refractivity contribution >= 4 is 40.5 Å². The van der Waals surface area contributed by atoms with Gasteiger partial charge in [0.1, 0.15) is 6.04 Å². The van der Waals surface area contributed by atoms with Crippen molar-refractivity contribution in [1.29, 1.82) is 5.26 Å². The Kier molecular flexibility index (Phi) is 5.55. The molecule has 3 aromatic carbocycles. The summed E-state index contributed by atoms with van der Waals surface area (Å²) in [6.45, 7) is 2.83. The molecule has 0 unspecified atom stereocenters. The highest BCUT2D eigenvalue weighted by molar-refractivity contribution is 6.02. The number of hydrogen-bond acceptors (Lipinski definition) is 4. The second kappa shape index (κ2) is 7.89. The number of aryl methyl sites for hydroxylation is 1. The van der Waals surface area contributed by atoms with Gasteiger partial charge in [-0.05, 0) is 47.0 Å². The summed E-state index contributed by atoms with van der Waals surface area (Å²) in [4.78, 5) is 14.7. The van der Waals surface area contributed by atoms with E-state index in [4.69, 9.17) is 5.73 Å². The Balaban J connectivity index is 0.00000225. The predicted molar refractivity (Wildman–Crippen MR) is 115 cm³/mol. The maximum atomic E-state index is 13.0. The number of benzene rings is 3. The largest absolute Gasteiger partial charge is 0.381 e. The summed E-state index contributed by atoms with van der Waals surface area (Å²) in [5.41, 5.74) is 10.4. The summed E-state index contributed by atoms with van der Waals surface area (Å²) >= 11 is 0. The molecule has 6 heteroatoms. The van der Waals surface area contributed by atoms with Crippen LogP contribution in [-0.2, 0) is 11.3 Å². The summed E-state index contributed by atoms with van der Waals surface area (Å²) in [6.07, 6.45) is 0. The van der Waals surface area contributed by atoms with E-state index in [-0.39, 0.29) is 18.3 Å². The summed E-state index contributed by atoms with van der Waals surface area (Å²) in [5.74, 6) is -0.127. The normalized spacial score (nSPS) is 15.8. The Labute approximate surface area is 170 Å². The lowest BCUT2D eigenvalue weighted by Crippen LogP contribution is -2.45. The highest BCUT2D eigenvalue weighted by Crippen LogP contribution is 2.33. The van der Waals surface area contributed by atoms with Crippen molar-refractivity contribution in [1.82, 2.24) is 0 Å². The van der Waals surface area contributed by atoms with E-state index in [0.717, 1.165) is 33.3 Å². The number of nitrogens with one attached hydrogen (secondary N) is 1. The van der Waals surface area contributed by atoms with E-state index >= 15 is 0 Å². The molecular formula is C22H21ClN4O. The van der Waals surface area contributed by atoms with Crippen molar-refractivity contribution in [2.45, 2.75) is 19.5 Å². The third-order valence-electron chi connectivity index (χ3n) is 5.10. The number of nitriles is 1. The van der Waals surface area contributed by atoms with Gasteiger partial charge in [-0.1, -0.05) is 36.4 Å². The maximum Gasteiger partial charge on any atom is 0.246 e. The van der Waals surface area contributed by atoms with Crippen molar-refractivity contribution in [3.05, 3.63) is 71.3 Å². The molecular weight excluding hydrogens is 372 g/mol. The van der Waals surface area contributed by atoms with Crippen molar-refractivity contribution in [3.63, 3.8) is 0 Å². The molecule has 0 saturated heterocycles. The third kappa shape index (κ3) is 3.40. The number of hydrogen-bond donors (Lipinski definition) is 2. The van der Waals surface area contributed by atoms with Crippen LogP contribution in [0.2, 0.25) is 0 Å². The van der Waals surface area contributed by atoms with Gasteiger partial charge in [-0.2, -0.15) is 5.26 Å². The number of nitrogens with zero attached hydrogens (tertiary/aromatic N) is 2. The van der Waals surface area contributed by atoms with Crippen LogP contribution in [0.5, 0.6) is 0 Å². The zero-order chi connectivity index (χ0) is 19.0. The van der Waals surface area contributed by atoms with Crippen LogP contribution in [-0.4, -0.2) is 18.5 Å². The molecule has 0 fully saturated rings. The zero-order valence-corrected chi connectivity index (χ0v) is 16.3. The molecule has 142 valence electrons. The quantitative estimate of drug-likeness (QED) is 0.696. The van der Waals surface area contributed by atoms with Gasteiger partial charge in [-0.3, -0.25) is 4.79 Å². The Morgan fingerprint density at radius 1 is 1.21 bits per heavy atom. The van der Waals surface area contributed by atoms with Crippen LogP contribution in [0.1, 0.15) is 16.7 Å². The Morgan fingerprint density at radius 3 is 2.79 bits per heavy atom. The first-order chi connectivity index (χ1) is 13.1. The van der Waals surface area contributed by atoms with E-state index in [9.17, 15) is 10.1 Å². The van der Waals surface area contributed by atoms with E-state index in [1.54, 1.807) is 17.0 Å². The van der Waals surface area contributed by atoms with Gasteiger partial charge in [-0.15, -0.1) is 12.4 Å². The predicted octanol–water partition coefficient (Wildman–Crippen LogP) is 3.73. The molecule has 3 aromatic rings. The number of carbonyl (C=O) groups excluding carboxylic acids is 1. The smallest absolute Gasteiger partial charge is 0.246 e. The van der Waals surface area contributed by atoms with E-state index in [1.165, 1.54) is 0 Å². The van der Waals surface area contributed by atoms with Crippen LogP contribution in [0.3, 0.4) is 0 Å². The van der Waals surface area contributed by atoms with Gasteiger partial charge in [-0.25, -0.2) is 0 Å². The Hall–Kier alpha value is -3.07. The molecule has 0 aliphatic carbocycles. The van der Waals surface area contributed by atoms with Gasteiger partial charge in [0.05, 0.1) is 29.6 Å². The van der Waals surface area contributed by atoms with Crippen LogP contribution in [0.4, 0.5) is 11.4 Å². The molecule has 3 N–H and O–H groups in total. The third-order valence-corrected chi connectivity index (χ3v) is 5.10. The molecule has 0 saturated carbocycles. The average molecular weight is 393 g/mol. The van der Waals surface area contributed by atoms with Gasteiger partial charge in [0.15, 0.2) is 0 Å². The molecule has 0 bridgehead atoms. The van der Waals surface area contributed by atoms with Crippen LogP contribution in [0.25, 0.3) is 10.8 Å². The van der Waals surface area contributed by atoms with E-state index in [0.29, 0.717) is 18.7 Å².